The van der Waals surface area contributed by atoms with Crippen molar-refractivity contribution in [2.75, 3.05) is 12.3 Å². The summed E-state index contributed by atoms with van der Waals surface area (Å²) in [5.41, 5.74) is 9.79. The summed E-state index contributed by atoms with van der Waals surface area (Å²) in [5, 5.41) is 3.94. The molecule has 0 atom stereocenters. The number of hydrogen-bond acceptors (Lipinski definition) is 4. The van der Waals surface area contributed by atoms with Crippen molar-refractivity contribution < 1.29 is 9.53 Å². The van der Waals surface area contributed by atoms with Gasteiger partial charge in [0.25, 0.3) is 5.91 Å². The van der Waals surface area contributed by atoms with Crippen LogP contribution in [0.3, 0.4) is 0 Å². The summed E-state index contributed by atoms with van der Waals surface area (Å²) in [6.45, 7) is 2.48. The van der Waals surface area contributed by atoms with E-state index in [4.69, 9.17) is 10.5 Å². The monoisotopic (exact) mass is 283 g/mol. The number of benzene rings is 2. The summed E-state index contributed by atoms with van der Waals surface area (Å²) in [4.78, 5) is 11.9. The normalized spacial score (nSPS) is 10.5. The lowest BCUT2D eigenvalue weighted by molar-refractivity contribution is 0.0956. The summed E-state index contributed by atoms with van der Waals surface area (Å²) in [6, 6.07) is 14.3. The van der Waals surface area contributed by atoms with E-state index in [0.29, 0.717) is 17.9 Å². The number of amides is 1. The van der Waals surface area contributed by atoms with Gasteiger partial charge in [0.15, 0.2) is 0 Å². The van der Waals surface area contributed by atoms with E-state index in [9.17, 15) is 4.79 Å². The number of carbonyl (C=O) groups excluding carboxylic acids is 1. The maximum absolute atomic E-state index is 11.9. The molecule has 0 aromatic heterocycles. The molecule has 0 spiro atoms. The molecule has 3 N–H and O–H groups in total. The van der Waals surface area contributed by atoms with Gasteiger partial charge in [-0.1, -0.05) is 24.3 Å². The van der Waals surface area contributed by atoms with Gasteiger partial charge in [-0.2, -0.15) is 5.10 Å². The Morgan fingerprint density at radius 2 is 1.95 bits per heavy atom. The lowest BCUT2D eigenvalue weighted by atomic mass is 10.2. The van der Waals surface area contributed by atoms with Crippen LogP contribution in [0.4, 0.5) is 5.69 Å². The third-order valence-electron chi connectivity index (χ3n) is 2.79. The zero-order chi connectivity index (χ0) is 15.1. The predicted molar refractivity (Wildman–Crippen MR) is 83.5 cm³/mol. The van der Waals surface area contributed by atoms with Crippen molar-refractivity contribution in [3.8, 4) is 5.75 Å². The summed E-state index contributed by atoms with van der Waals surface area (Å²) in [5.74, 6) is 0.371. The molecule has 0 radical (unpaired) electrons. The minimum atomic E-state index is -0.349. The molecule has 2 aromatic carbocycles. The number of ether oxygens (including phenoxy) is 1. The molecule has 108 valence electrons. The van der Waals surface area contributed by atoms with Gasteiger partial charge in [-0.3, -0.25) is 4.79 Å². The molecule has 0 aliphatic carbocycles. The van der Waals surface area contributed by atoms with Crippen molar-refractivity contribution in [1.82, 2.24) is 5.43 Å². The quantitative estimate of drug-likeness (QED) is 0.502. The van der Waals surface area contributed by atoms with Gasteiger partial charge in [0.1, 0.15) is 5.75 Å². The summed E-state index contributed by atoms with van der Waals surface area (Å²) in [7, 11) is 0. The van der Waals surface area contributed by atoms with E-state index in [0.717, 1.165) is 11.3 Å². The first-order valence-corrected chi connectivity index (χ1v) is 6.62. The lowest BCUT2D eigenvalue weighted by Crippen LogP contribution is -2.19. The number of rotatable bonds is 5. The molecule has 21 heavy (non-hydrogen) atoms. The number of anilines is 1. The fourth-order valence-corrected chi connectivity index (χ4v) is 1.80. The summed E-state index contributed by atoms with van der Waals surface area (Å²) in [6.07, 6.45) is 1.54. The Morgan fingerprint density at radius 3 is 2.71 bits per heavy atom. The number of hydrogen-bond donors (Lipinski definition) is 2. The first-order valence-electron chi connectivity index (χ1n) is 6.62. The van der Waals surface area contributed by atoms with Crippen LogP contribution < -0.4 is 15.9 Å². The van der Waals surface area contributed by atoms with Crippen LogP contribution in [0, 0.1) is 0 Å². The zero-order valence-corrected chi connectivity index (χ0v) is 11.7. The predicted octanol–water partition coefficient (Wildman–Crippen LogP) is 2.43. The van der Waals surface area contributed by atoms with Gasteiger partial charge in [-0.05, 0) is 31.2 Å². The van der Waals surface area contributed by atoms with Crippen molar-refractivity contribution in [3.63, 3.8) is 0 Å². The molecule has 0 saturated heterocycles. The van der Waals surface area contributed by atoms with Crippen molar-refractivity contribution in [3.05, 3.63) is 59.7 Å². The average Bonchev–Trinajstić information content (AvgIpc) is 2.49. The molecule has 2 aromatic rings. The number of carbonyl (C=O) groups is 1. The largest absolute Gasteiger partial charge is 0.493 e. The SMILES string of the molecule is CCOc1ccccc1/C=N\NC(=O)c1ccccc1N. The highest BCUT2D eigenvalue weighted by Gasteiger charge is 2.07. The van der Waals surface area contributed by atoms with Crippen molar-refractivity contribution in [2.24, 2.45) is 5.10 Å². The molecule has 5 heteroatoms. The second-order valence-electron chi connectivity index (χ2n) is 4.26. The summed E-state index contributed by atoms with van der Waals surface area (Å²) < 4.78 is 5.47. The van der Waals surface area contributed by atoms with Crippen LogP contribution in [0.15, 0.2) is 53.6 Å². The number of para-hydroxylation sites is 2. The van der Waals surface area contributed by atoms with E-state index < -0.39 is 0 Å². The third kappa shape index (κ3) is 3.82. The Balaban J connectivity index is 2.06. The second-order valence-corrected chi connectivity index (χ2v) is 4.26. The van der Waals surface area contributed by atoms with Gasteiger partial charge < -0.3 is 10.5 Å². The van der Waals surface area contributed by atoms with Gasteiger partial charge in [-0.25, -0.2) is 5.43 Å². The molecule has 0 fully saturated rings. The fourth-order valence-electron chi connectivity index (χ4n) is 1.80. The van der Waals surface area contributed by atoms with Gasteiger partial charge in [-0.15, -0.1) is 0 Å². The molecule has 5 nitrogen and oxygen atoms in total. The van der Waals surface area contributed by atoms with Crippen LogP contribution in [0.1, 0.15) is 22.8 Å². The van der Waals surface area contributed by atoms with Crippen LogP contribution in [0.2, 0.25) is 0 Å². The Morgan fingerprint density at radius 1 is 1.24 bits per heavy atom. The topological polar surface area (TPSA) is 76.7 Å². The van der Waals surface area contributed by atoms with Crippen LogP contribution in [-0.2, 0) is 0 Å². The highest BCUT2D eigenvalue weighted by atomic mass is 16.5. The molecule has 0 saturated carbocycles. The Kier molecular flexibility index (Phi) is 4.93. The number of nitrogens with zero attached hydrogens (tertiary/aromatic N) is 1. The maximum Gasteiger partial charge on any atom is 0.273 e. The van der Waals surface area contributed by atoms with Crippen LogP contribution in [0.5, 0.6) is 5.75 Å². The third-order valence-corrected chi connectivity index (χ3v) is 2.79. The van der Waals surface area contributed by atoms with E-state index in [1.54, 1.807) is 30.5 Å². The Hall–Kier alpha value is -2.82. The van der Waals surface area contributed by atoms with Crippen LogP contribution in [-0.4, -0.2) is 18.7 Å². The van der Waals surface area contributed by atoms with Gasteiger partial charge in [0, 0.05) is 11.3 Å². The summed E-state index contributed by atoms with van der Waals surface area (Å²) >= 11 is 0. The minimum Gasteiger partial charge on any atom is -0.493 e. The molecule has 0 unspecified atom stereocenters. The van der Waals surface area contributed by atoms with E-state index in [1.807, 2.05) is 31.2 Å². The van der Waals surface area contributed by atoms with E-state index in [-0.39, 0.29) is 5.91 Å². The molecule has 1 amide bonds. The first kappa shape index (κ1) is 14.6. The van der Waals surface area contributed by atoms with E-state index in [1.165, 1.54) is 0 Å². The second kappa shape index (κ2) is 7.09. The highest BCUT2D eigenvalue weighted by Crippen LogP contribution is 2.15. The zero-order valence-electron chi connectivity index (χ0n) is 11.7. The van der Waals surface area contributed by atoms with Crippen molar-refractivity contribution in [2.45, 2.75) is 6.92 Å². The minimum absolute atomic E-state index is 0.349. The Bertz CT molecular complexity index is 653. The van der Waals surface area contributed by atoms with E-state index >= 15 is 0 Å². The van der Waals surface area contributed by atoms with Gasteiger partial charge >= 0.3 is 0 Å². The standard InChI is InChI=1S/C16H17N3O2/c1-2-21-15-10-6-3-7-12(15)11-18-19-16(20)13-8-4-5-9-14(13)17/h3-11H,2,17H2,1H3,(H,19,20)/b18-11-. The number of nitrogens with two attached hydrogens (primary N) is 1. The Labute approximate surface area is 123 Å². The van der Waals surface area contributed by atoms with Gasteiger partial charge in [0.05, 0.1) is 18.4 Å². The number of hydrazone groups is 1. The molecule has 0 aliphatic rings. The lowest BCUT2D eigenvalue weighted by Gasteiger charge is -2.06. The average molecular weight is 283 g/mol. The molecule has 0 bridgehead atoms. The molecular weight excluding hydrogens is 266 g/mol. The number of nitrogen functional groups attached to an aromatic ring is 1. The molecular formula is C16H17N3O2. The van der Waals surface area contributed by atoms with Crippen molar-refractivity contribution in [1.29, 1.82) is 0 Å². The maximum atomic E-state index is 11.9. The smallest absolute Gasteiger partial charge is 0.273 e. The fraction of sp³-hybridized carbons (Fsp3) is 0.125. The van der Waals surface area contributed by atoms with E-state index in [2.05, 4.69) is 10.5 Å². The molecule has 2 rings (SSSR count). The number of nitrogens with one attached hydrogen (secondary N) is 1. The van der Waals surface area contributed by atoms with Crippen LogP contribution in [0.25, 0.3) is 0 Å². The molecule has 0 aliphatic heterocycles. The highest BCUT2D eigenvalue weighted by molar-refractivity contribution is 5.99. The van der Waals surface area contributed by atoms with Crippen molar-refractivity contribution >= 4 is 17.8 Å². The van der Waals surface area contributed by atoms with Crippen LogP contribution >= 0.6 is 0 Å². The first-order chi connectivity index (χ1) is 10.2. The van der Waals surface area contributed by atoms with Gasteiger partial charge in [0.2, 0.25) is 0 Å². The molecule has 0 heterocycles.